The molecule has 2 saturated heterocycles. The summed E-state index contributed by atoms with van der Waals surface area (Å²) in [6.45, 7) is 0.644. The second-order valence-corrected chi connectivity index (χ2v) is 12.1. The molecule has 0 spiro atoms. The number of nitrogens with zero attached hydrogens (tertiary/aromatic N) is 3. The SMILES string of the molecule is O=C(c1ccc(C2SCCCS2)cc1)N1CCN(S(=O)(=O)c2ccccc2[N+](=O)[O-])CC1. The summed E-state index contributed by atoms with van der Waals surface area (Å²) in [7, 11) is -4.02. The molecular weight excluding hydrogens is 470 g/mol. The van der Waals surface area contributed by atoms with Crippen molar-refractivity contribution in [2.24, 2.45) is 0 Å². The number of hydrogen-bond acceptors (Lipinski definition) is 7. The molecule has 0 bridgehead atoms. The van der Waals surface area contributed by atoms with Crippen molar-refractivity contribution in [3.8, 4) is 0 Å². The zero-order chi connectivity index (χ0) is 22.7. The van der Waals surface area contributed by atoms with E-state index in [-0.39, 0.29) is 37.0 Å². The quantitative estimate of drug-likeness (QED) is 0.463. The summed E-state index contributed by atoms with van der Waals surface area (Å²) in [5.41, 5.74) is 1.34. The fourth-order valence-corrected chi connectivity index (χ4v) is 8.22. The predicted molar refractivity (Wildman–Crippen MR) is 126 cm³/mol. The first kappa shape index (κ1) is 23.1. The lowest BCUT2D eigenvalue weighted by Gasteiger charge is -2.34. The number of benzene rings is 2. The van der Waals surface area contributed by atoms with Gasteiger partial charge in [-0.1, -0.05) is 24.3 Å². The average Bonchev–Trinajstić information content (AvgIpc) is 2.84. The van der Waals surface area contributed by atoms with Crippen LogP contribution in [0.15, 0.2) is 53.4 Å². The number of para-hydroxylation sites is 1. The highest BCUT2D eigenvalue weighted by molar-refractivity contribution is 8.16. The Labute approximate surface area is 195 Å². The van der Waals surface area contributed by atoms with Crippen LogP contribution < -0.4 is 0 Å². The number of rotatable bonds is 5. The van der Waals surface area contributed by atoms with E-state index >= 15 is 0 Å². The third-order valence-corrected chi connectivity index (χ3v) is 10.4. The number of thioether (sulfide) groups is 2. The van der Waals surface area contributed by atoms with Gasteiger partial charge in [-0.2, -0.15) is 4.31 Å². The molecule has 2 aliphatic rings. The van der Waals surface area contributed by atoms with Gasteiger partial charge in [0.05, 0.1) is 9.51 Å². The van der Waals surface area contributed by atoms with E-state index in [2.05, 4.69) is 0 Å². The number of carbonyl (C=O) groups excluding carboxylic acids is 1. The third-order valence-electron chi connectivity index (χ3n) is 5.46. The van der Waals surface area contributed by atoms with E-state index in [0.717, 1.165) is 11.5 Å². The molecule has 2 aromatic rings. The zero-order valence-corrected chi connectivity index (χ0v) is 19.7. The molecule has 0 atom stereocenters. The Bertz CT molecular complexity index is 1090. The summed E-state index contributed by atoms with van der Waals surface area (Å²) in [4.78, 5) is 24.8. The molecule has 0 N–H and O–H groups in total. The third kappa shape index (κ3) is 4.80. The van der Waals surface area contributed by atoms with Gasteiger partial charge in [0.15, 0.2) is 4.90 Å². The summed E-state index contributed by atoms with van der Waals surface area (Å²) >= 11 is 3.85. The Morgan fingerprint density at radius 1 is 0.969 bits per heavy atom. The van der Waals surface area contributed by atoms with E-state index in [1.807, 2.05) is 47.8 Å². The molecule has 1 amide bonds. The number of amides is 1. The first-order valence-electron chi connectivity index (χ1n) is 10.2. The van der Waals surface area contributed by atoms with Crippen LogP contribution in [-0.2, 0) is 10.0 Å². The van der Waals surface area contributed by atoms with Crippen molar-refractivity contribution in [1.82, 2.24) is 9.21 Å². The monoisotopic (exact) mass is 493 g/mol. The van der Waals surface area contributed by atoms with Crippen molar-refractivity contribution in [2.75, 3.05) is 37.7 Å². The molecular formula is C21H23N3O5S3. The van der Waals surface area contributed by atoms with Gasteiger partial charge >= 0.3 is 0 Å². The van der Waals surface area contributed by atoms with Crippen LogP contribution in [0.1, 0.15) is 26.9 Å². The van der Waals surface area contributed by atoms with E-state index < -0.39 is 20.6 Å². The van der Waals surface area contributed by atoms with Crippen molar-refractivity contribution in [1.29, 1.82) is 0 Å². The number of piperazine rings is 1. The minimum Gasteiger partial charge on any atom is -0.336 e. The molecule has 8 nitrogen and oxygen atoms in total. The smallest absolute Gasteiger partial charge is 0.289 e. The van der Waals surface area contributed by atoms with Gasteiger partial charge in [-0.25, -0.2) is 8.42 Å². The van der Waals surface area contributed by atoms with Crippen LogP contribution in [-0.4, -0.2) is 66.1 Å². The number of nitro groups is 1. The molecule has 2 fully saturated rings. The summed E-state index contributed by atoms with van der Waals surface area (Å²) in [6.07, 6.45) is 1.22. The topological polar surface area (TPSA) is 101 Å². The Kier molecular flexibility index (Phi) is 7.08. The summed E-state index contributed by atoms with van der Waals surface area (Å²) < 4.78 is 27.5. The Morgan fingerprint density at radius 3 is 2.22 bits per heavy atom. The molecule has 0 unspecified atom stereocenters. The lowest BCUT2D eigenvalue weighted by molar-refractivity contribution is -0.387. The fraction of sp³-hybridized carbons (Fsp3) is 0.381. The van der Waals surface area contributed by atoms with E-state index in [0.29, 0.717) is 10.1 Å². The average molecular weight is 494 g/mol. The maximum absolute atomic E-state index is 13.0. The maximum Gasteiger partial charge on any atom is 0.289 e. The second-order valence-electron chi connectivity index (χ2n) is 7.47. The Morgan fingerprint density at radius 2 is 1.59 bits per heavy atom. The number of carbonyl (C=O) groups is 1. The molecule has 2 heterocycles. The highest BCUT2D eigenvalue weighted by Crippen LogP contribution is 2.43. The van der Waals surface area contributed by atoms with Crippen LogP contribution in [0.5, 0.6) is 0 Å². The largest absolute Gasteiger partial charge is 0.336 e. The molecule has 2 aliphatic heterocycles. The number of hydrogen-bond donors (Lipinski definition) is 0. The summed E-state index contributed by atoms with van der Waals surface area (Å²) in [5.74, 6) is 2.17. The van der Waals surface area contributed by atoms with Crippen molar-refractivity contribution < 1.29 is 18.1 Å². The van der Waals surface area contributed by atoms with Gasteiger partial charge in [0.25, 0.3) is 11.6 Å². The lowest BCUT2D eigenvalue weighted by atomic mass is 10.1. The molecule has 0 radical (unpaired) electrons. The molecule has 170 valence electrons. The van der Waals surface area contributed by atoms with E-state index in [4.69, 9.17) is 0 Å². The van der Waals surface area contributed by atoms with Crippen molar-refractivity contribution >= 4 is 45.1 Å². The predicted octanol–water partition coefficient (Wildman–Crippen LogP) is 3.61. The summed E-state index contributed by atoms with van der Waals surface area (Å²) in [6, 6.07) is 13.0. The second kappa shape index (κ2) is 9.82. The molecule has 11 heteroatoms. The summed E-state index contributed by atoms with van der Waals surface area (Å²) in [5, 5.41) is 11.2. The first-order chi connectivity index (χ1) is 15.4. The van der Waals surface area contributed by atoms with Gasteiger partial charge in [0.1, 0.15) is 0 Å². The van der Waals surface area contributed by atoms with Crippen LogP contribution in [0.4, 0.5) is 5.69 Å². The van der Waals surface area contributed by atoms with Gasteiger partial charge in [-0.15, -0.1) is 23.5 Å². The van der Waals surface area contributed by atoms with Gasteiger partial charge in [0.2, 0.25) is 10.0 Å². The van der Waals surface area contributed by atoms with Crippen LogP contribution >= 0.6 is 23.5 Å². The molecule has 32 heavy (non-hydrogen) atoms. The Hall–Kier alpha value is -2.08. The fourth-order valence-electron chi connectivity index (χ4n) is 3.74. The van der Waals surface area contributed by atoms with Crippen molar-refractivity contribution in [3.05, 3.63) is 69.8 Å². The highest BCUT2D eigenvalue weighted by Gasteiger charge is 2.34. The van der Waals surface area contributed by atoms with Gasteiger partial charge in [-0.05, 0) is 41.7 Å². The Balaban J connectivity index is 1.41. The minimum absolute atomic E-state index is 0.0908. The number of nitro benzene ring substituents is 1. The number of sulfonamides is 1. The van der Waals surface area contributed by atoms with Crippen LogP contribution in [0.25, 0.3) is 0 Å². The minimum atomic E-state index is -4.02. The standard InChI is InChI=1S/C21H23N3O5S3/c25-20(16-6-8-17(9-7-16)21-30-14-3-15-31-21)22-10-12-23(13-11-22)32(28,29)19-5-2-1-4-18(19)24(26)27/h1-2,4-9,21H,3,10-15H2. The molecule has 0 aliphatic carbocycles. The normalized spacial score (nSPS) is 18.4. The molecule has 2 aromatic carbocycles. The van der Waals surface area contributed by atoms with E-state index in [1.165, 1.54) is 40.6 Å². The van der Waals surface area contributed by atoms with Gasteiger partial charge in [0, 0.05) is 37.8 Å². The van der Waals surface area contributed by atoms with Gasteiger partial charge in [-0.3, -0.25) is 14.9 Å². The highest BCUT2D eigenvalue weighted by atomic mass is 32.2. The zero-order valence-electron chi connectivity index (χ0n) is 17.3. The molecule has 0 aromatic heterocycles. The van der Waals surface area contributed by atoms with Crippen molar-refractivity contribution in [3.63, 3.8) is 0 Å². The van der Waals surface area contributed by atoms with Crippen LogP contribution in [0, 0.1) is 10.1 Å². The van der Waals surface area contributed by atoms with Gasteiger partial charge < -0.3 is 4.90 Å². The van der Waals surface area contributed by atoms with Crippen molar-refractivity contribution in [2.45, 2.75) is 15.9 Å². The first-order valence-corrected chi connectivity index (χ1v) is 13.8. The van der Waals surface area contributed by atoms with E-state index in [1.54, 1.807) is 4.90 Å². The van der Waals surface area contributed by atoms with Crippen LogP contribution in [0.3, 0.4) is 0 Å². The van der Waals surface area contributed by atoms with Crippen LogP contribution in [0.2, 0.25) is 0 Å². The lowest BCUT2D eigenvalue weighted by Crippen LogP contribution is -2.50. The maximum atomic E-state index is 13.0. The molecule has 0 saturated carbocycles. The molecule has 4 rings (SSSR count). The van der Waals surface area contributed by atoms with E-state index in [9.17, 15) is 23.3 Å².